The molecule has 1 fully saturated rings. The molecule has 0 atom stereocenters. The maximum Gasteiger partial charge on any atom is 0.261 e. The van der Waals surface area contributed by atoms with Crippen molar-refractivity contribution >= 4 is 17.2 Å². The first-order valence-corrected chi connectivity index (χ1v) is 9.11. The van der Waals surface area contributed by atoms with E-state index < -0.39 is 0 Å². The number of hydrogen-bond donors (Lipinski definition) is 0. The molecule has 0 radical (unpaired) electrons. The van der Waals surface area contributed by atoms with Crippen LogP contribution in [0.15, 0.2) is 41.1 Å². The quantitative estimate of drug-likeness (QED) is 0.751. The molecule has 1 aromatic carbocycles. The lowest BCUT2D eigenvalue weighted by molar-refractivity contribution is -0.134. The van der Waals surface area contributed by atoms with E-state index in [2.05, 4.69) is 42.8 Å². The molecule has 1 aromatic heterocycles. The Balaban J connectivity index is 1.56. The maximum atomic E-state index is 12.5. The van der Waals surface area contributed by atoms with E-state index in [1.54, 1.807) is 11.3 Å². The summed E-state index contributed by atoms with van der Waals surface area (Å²) in [4.78, 5) is 14.5. The molecular weight excluding hydrogens is 306 g/mol. The largest absolute Gasteiger partial charge is 0.484 e. The van der Waals surface area contributed by atoms with Gasteiger partial charge in [-0.15, -0.1) is 0 Å². The van der Waals surface area contributed by atoms with E-state index in [0.717, 1.165) is 18.6 Å². The van der Waals surface area contributed by atoms with E-state index in [9.17, 15) is 4.79 Å². The number of hydrogen-bond acceptors (Lipinski definition) is 3. The molecule has 2 aromatic rings. The summed E-state index contributed by atoms with van der Waals surface area (Å²) in [6, 6.07) is 10.5. The van der Waals surface area contributed by atoms with Gasteiger partial charge in [-0.05, 0) is 58.8 Å². The lowest BCUT2D eigenvalue weighted by Crippen LogP contribution is -2.36. The Labute approximate surface area is 141 Å². The van der Waals surface area contributed by atoms with Gasteiger partial charge in [-0.2, -0.15) is 11.3 Å². The first kappa shape index (κ1) is 16.1. The number of ether oxygens (including phenoxy) is 1. The summed E-state index contributed by atoms with van der Waals surface area (Å²) >= 11 is 1.67. The molecule has 122 valence electrons. The standard InChI is InChI=1S/C19H23NO2S/c1-14(2)16-3-7-18(8-4-16)22-12-19(21)20(17-5-6-17)11-15-9-10-23-13-15/h3-4,7-10,13-14,17H,5-6,11-12H2,1-2H3. The van der Waals surface area contributed by atoms with Crippen LogP contribution in [0.25, 0.3) is 0 Å². The molecule has 3 rings (SSSR count). The van der Waals surface area contributed by atoms with Gasteiger partial charge in [0.25, 0.3) is 5.91 Å². The molecular formula is C19H23NO2S. The van der Waals surface area contributed by atoms with E-state index in [1.807, 2.05) is 17.0 Å². The second kappa shape index (κ2) is 7.18. The van der Waals surface area contributed by atoms with Crippen molar-refractivity contribution in [2.45, 2.75) is 45.2 Å². The summed E-state index contributed by atoms with van der Waals surface area (Å²) in [5.74, 6) is 1.34. The van der Waals surface area contributed by atoms with Gasteiger partial charge in [0.1, 0.15) is 5.75 Å². The van der Waals surface area contributed by atoms with Crippen molar-refractivity contribution in [2.75, 3.05) is 6.61 Å². The molecule has 0 N–H and O–H groups in total. The van der Waals surface area contributed by atoms with E-state index in [4.69, 9.17) is 4.74 Å². The van der Waals surface area contributed by atoms with Crippen LogP contribution in [-0.4, -0.2) is 23.5 Å². The Morgan fingerprint density at radius 1 is 1.26 bits per heavy atom. The van der Waals surface area contributed by atoms with Gasteiger partial charge in [0.15, 0.2) is 6.61 Å². The van der Waals surface area contributed by atoms with Crippen molar-refractivity contribution < 1.29 is 9.53 Å². The highest BCUT2D eigenvalue weighted by atomic mass is 32.1. The first-order chi connectivity index (χ1) is 11.1. The fourth-order valence-corrected chi connectivity index (χ4v) is 3.22. The van der Waals surface area contributed by atoms with E-state index in [1.165, 1.54) is 11.1 Å². The molecule has 0 spiro atoms. The zero-order valence-corrected chi connectivity index (χ0v) is 14.5. The highest BCUT2D eigenvalue weighted by molar-refractivity contribution is 7.07. The third kappa shape index (κ3) is 4.35. The lowest BCUT2D eigenvalue weighted by Gasteiger charge is -2.22. The van der Waals surface area contributed by atoms with Gasteiger partial charge in [-0.25, -0.2) is 0 Å². The predicted octanol–water partition coefficient (Wildman–Crippen LogP) is 4.44. The first-order valence-electron chi connectivity index (χ1n) is 8.17. The summed E-state index contributed by atoms with van der Waals surface area (Å²) in [7, 11) is 0. The van der Waals surface area contributed by atoms with Gasteiger partial charge in [0, 0.05) is 12.6 Å². The lowest BCUT2D eigenvalue weighted by atomic mass is 10.0. The molecule has 1 amide bonds. The summed E-state index contributed by atoms with van der Waals surface area (Å²) in [5.41, 5.74) is 2.48. The van der Waals surface area contributed by atoms with Crippen molar-refractivity contribution in [3.8, 4) is 5.75 Å². The van der Waals surface area contributed by atoms with Gasteiger partial charge in [-0.1, -0.05) is 26.0 Å². The van der Waals surface area contributed by atoms with Crippen LogP contribution in [-0.2, 0) is 11.3 Å². The fraction of sp³-hybridized carbons (Fsp3) is 0.421. The number of carbonyl (C=O) groups is 1. The van der Waals surface area contributed by atoms with Gasteiger partial charge in [0.05, 0.1) is 0 Å². The smallest absolute Gasteiger partial charge is 0.261 e. The van der Waals surface area contributed by atoms with Crippen molar-refractivity contribution in [3.05, 3.63) is 52.2 Å². The molecule has 1 heterocycles. The average Bonchev–Trinajstić information content (AvgIpc) is 3.26. The number of amides is 1. The summed E-state index contributed by atoms with van der Waals surface area (Å²) in [5, 5.41) is 4.16. The fourth-order valence-electron chi connectivity index (χ4n) is 2.56. The highest BCUT2D eigenvalue weighted by Crippen LogP contribution is 2.29. The Hall–Kier alpha value is -1.81. The van der Waals surface area contributed by atoms with Gasteiger partial charge in [-0.3, -0.25) is 4.79 Å². The summed E-state index contributed by atoms with van der Waals surface area (Å²) < 4.78 is 5.69. The minimum Gasteiger partial charge on any atom is -0.484 e. The van der Waals surface area contributed by atoms with Crippen LogP contribution < -0.4 is 4.74 Å². The molecule has 0 unspecified atom stereocenters. The number of carbonyl (C=O) groups excluding carboxylic acids is 1. The molecule has 0 saturated heterocycles. The second-order valence-corrected chi connectivity index (χ2v) is 7.18. The predicted molar refractivity (Wildman–Crippen MR) is 93.9 cm³/mol. The monoisotopic (exact) mass is 329 g/mol. The van der Waals surface area contributed by atoms with Crippen LogP contribution in [0.4, 0.5) is 0 Å². The molecule has 4 heteroatoms. The topological polar surface area (TPSA) is 29.5 Å². The van der Waals surface area contributed by atoms with Crippen LogP contribution in [0, 0.1) is 0 Å². The Kier molecular flexibility index (Phi) is 5.01. The van der Waals surface area contributed by atoms with Crippen LogP contribution in [0.3, 0.4) is 0 Å². The third-order valence-corrected chi connectivity index (χ3v) is 4.88. The normalized spacial score (nSPS) is 14.0. The molecule has 1 aliphatic rings. The minimum atomic E-state index is 0.0756. The zero-order chi connectivity index (χ0) is 16.2. The van der Waals surface area contributed by atoms with Crippen molar-refractivity contribution in [2.24, 2.45) is 0 Å². The number of rotatable bonds is 7. The third-order valence-electron chi connectivity index (χ3n) is 4.15. The van der Waals surface area contributed by atoms with Gasteiger partial charge < -0.3 is 9.64 Å². The summed E-state index contributed by atoms with van der Waals surface area (Å²) in [6.45, 7) is 5.14. The Morgan fingerprint density at radius 3 is 2.57 bits per heavy atom. The summed E-state index contributed by atoms with van der Waals surface area (Å²) in [6.07, 6.45) is 2.22. The van der Waals surface area contributed by atoms with Crippen LogP contribution >= 0.6 is 11.3 Å². The maximum absolute atomic E-state index is 12.5. The molecule has 1 aliphatic carbocycles. The Morgan fingerprint density at radius 2 is 2.00 bits per heavy atom. The van der Waals surface area contributed by atoms with Crippen molar-refractivity contribution in [1.29, 1.82) is 0 Å². The van der Waals surface area contributed by atoms with Crippen molar-refractivity contribution in [3.63, 3.8) is 0 Å². The molecule has 3 nitrogen and oxygen atoms in total. The zero-order valence-electron chi connectivity index (χ0n) is 13.7. The Bertz CT molecular complexity index is 630. The van der Waals surface area contributed by atoms with E-state index in [-0.39, 0.29) is 12.5 Å². The SMILES string of the molecule is CC(C)c1ccc(OCC(=O)N(Cc2ccsc2)C2CC2)cc1. The molecule has 23 heavy (non-hydrogen) atoms. The molecule has 1 saturated carbocycles. The van der Waals surface area contributed by atoms with E-state index in [0.29, 0.717) is 18.5 Å². The minimum absolute atomic E-state index is 0.0756. The van der Waals surface area contributed by atoms with Gasteiger partial charge in [0.2, 0.25) is 0 Å². The van der Waals surface area contributed by atoms with Crippen LogP contribution in [0.1, 0.15) is 43.7 Å². The van der Waals surface area contributed by atoms with Crippen LogP contribution in [0.2, 0.25) is 0 Å². The average molecular weight is 329 g/mol. The van der Waals surface area contributed by atoms with Crippen molar-refractivity contribution in [1.82, 2.24) is 4.90 Å². The van der Waals surface area contributed by atoms with Gasteiger partial charge >= 0.3 is 0 Å². The van der Waals surface area contributed by atoms with E-state index >= 15 is 0 Å². The number of benzene rings is 1. The van der Waals surface area contributed by atoms with Crippen LogP contribution in [0.5, 0.6) is 5.75 Å². The number of thiophene rings is 1. The highest BCUT2D eigenvalue weighted by Gasteiger charge is 2.32. The molecule has 0 bridgehead atoms. The molecule has 0 aliphatic heterocycles. The number of nitrogens with zero attached hydrogens (tertiary/aromatic N) is 1. The second-order valence-electron chi connectivity index (χ2n) is 6.40.